The highest BCUT2D eigenvalue weighted by Gasteiger charge is 2.36. The molecule has 4 rings (SSSR count). The molecule has 0 bridgehead atoms. The fourth-order valence-electron chi connectivity index (χ4n) is 3.95. The van der Waals surface area contributed by atoms with E-state index in [1.165, 1.54) is 21.7 Å². The van der Waals surface area contributed by atoms with E-state index < -0.39 is 15.9 Å². The molecule has 1 amide bonds. The van der Waals surface area contributed by atoms with E-state index in [2.05, 4.69) is 0 Å². The van der Waals surface area contributed by atoms with Crippen LogP contribution in [0.25, 0.3) is 10.2 Å². The Morgan fingerprint density at radius 2 is 1.94 bits per heavy atom. The van der Waals surface area contributed by atoms with Crippen molar-refractivity contribution in [2.75, 3.05) is 45.2 Å². The number of rotatable bonds is 7. The van der Waals surface area contributed by atoms with Crippen LogP contribution in [0.4, 0.5) is 5.13 Å². The van der Waals surface area contributed by atoms with Crippen LogP contribution in [0, 0.1) is 12.8 Å². The van der Waals surface area contributed by atoms with Gasteiger partial charge in [-0.05, 0) is 63.7 Å². The van der Waals surface area contributed by atoms with E-state index in [1.54, 1.807) is 11.0 Å². The monoisotopic (exact) mass is 560 g/mol. The molecule has 1 aliphatic rings. The van der Waals surface area contributed by atoms with Crippen LogP contribution in [0.3, 0.4) is 0 Å². The third kappa shape index (κ3) is 5.28. The van der Waals surface area contributed by atoms with Gasteiger partial charge in [0.1, 0.15) is 4.21 Å². The van der Waals surface area contributed by atoms with Crippen LogP contribution in [-0.2, 0) is 14.8 Å². The normalized spacial score (nSPS) is 17.5. The molecule has 0 radical (unpaired) electrons. The van der Waals surface area contributed by atoms with Gasteiger partial charge in [-0.1, -0.05) is 34.5 Å². The lowest BCUT2D eigenvalue weighted by molar-refractivity contribution is -0.123. The Labute approximate surface area is 217 Å². The SMILES string of the molecule is Cc1c(Cl)ccc2sc(N(CCN(C)C)C(=O)C3CCCN(S(=O)(=O)c4ccc(Cl)s4)C3)nc12. The number of piperidine rings is 1. The highest BCUT2D eigenvalue weighted by atomic mass is 35.5. The molecule has 1 fully saturated rings. The number of likely N-dealkylation sites (N-methyl/N-ethyl adjacent to an activating group) is 1. The predicted octanol–water partition coefficient (Wildman–Crippen LogP) is 4.97. The van der Waals surface area contributed by atoms with Crippen LogP contribution in [0.2, 0.25) is 9.36 Å². The molecule has 1 saturated heterocycles. The van der Waals surface area contributed by atoms with Crippen molar-refractivity contribution < 1.29 is 13.2 Å². The molecule has 3 heterocycles. The summed E-state index contributed by atoms with van der Waals surface area (Å²) in [5.74, 6) is -0.549. The Hall–Kier alpha value is -1.27. The summed E-state index contributed by atoms with van der Waals surface area (Å²) in [4.78, 5) is 22.2. The van der Waals surface area contributed by atoms with E-state index >= 15 is 0 Å². The third-order valence-electron chi connectivity index (χ3n) is 5.88. The lowest BCUT2D eigenvalue weighted by Gasteiger charge is -2.33. The number of nitrogens with zero attached hydrogens (tertiary/aromatic N) is 4. The zero-order valence-electron chi connectivity index (χ0n) is 19.1. The summed E-state index contributed by atoms with van der Waals surface area (Å²) in [7, 11) is 0.207. The lowest BCUT2D eigenvalue weighted by atomic mass is 9.98. The molecule has 0 N–H and O–H groups in total. The van der Waals surface area contributed by atoms with Gasteiger partial charge in [-0.25, -0.2) is 13.4 Å². The minimum absolute atomic E-state index is 0.103. The third-order valence-corrected chi connectivity index (χ3v) is 10.9. The molecular formula is C22H26Cl2N4O3S3. The second-order valence-electron chi connectivity index (χ2n) is 8.57. The molecule has 2 aromatic heterocycles. The zero-order chi connectivity index (χ0) is 24.6. The smallest absolute Gasteiger partial charge is 0.252 e. The van der Waals surface area contributed by atoms with Crippen molar-refractivity contribution in [3.05, 3.63) is 39.2 Å². The summed E-state index contributed by atoms with van der Waals surface area (Å²) in [5, 5.41) is 1.24. The number of hydrogen-bond acceptors (Lipinski definition) is 7. The van der Waals surface area contributed by atoms with Gasteiger partial charge in [-0.2, -0.15) is 4.31 Å². The van der Waals surface area contributed by atoms with Crippen molar-refractivity contribution in [2.24, 2.45) is 5.92 Å². The molecule has 1 aromatic carbocycles. The van der Waals surface area contributed by atoms with E-state index in [-0.39, 0.29) is 16.7 Å². The molecule has 184 valence electrons. The van der Waals surface area contributed by atoms with E-state index in [9.17, 15) is 13.2 Å². The standard InChI is InChI=1S/C22H26Cl2N4O3S3/c1-14-16(23)6-7-17-20(14)25-22(32-17)28(12-11-26(2)3)21(29)15-5-4-10-27(13-15)34(30,31)19-9-8-18(24)33-19/h6-9,15H,4-5,10-13H2,1-3H3. The number of thiazole rings is 1. The van der Waals surface area contributed by atoms with Crippen LogP contribution in [0.5, 0.6) is 0 Å². The van der Waals surface area contributed by atoms with Crippen molar-refractivity contribution in [2.45, 2.75) is 24.0 Å². The minimum atomic E-state index is -3.69. The van der Waals surface area contributed by atoms with E-state index in [0.717, 1.165) is 27.1 Å². The van der Waals surface area contributed by atoms with Crippen molar-refractivity contribution >= 4 is 77.2 Å². The number of halogens is 2. The quantitative estimate of drug-likeness (QED) is 0.408. The summed E-state index contributed by atoms with van der Waals surface area (Å²) in [6.07, 6.45) is 1.25. The molecule has 0 saturated carbocycles. The molecule has 1 aliphatic heterocycles. The Kier molecular flexibility index (Phi) is 7.88. The van der Waals surface area contributed by atoms with Crippen LogP contribution >= 0.6 is 45.9 Å². The number of fused-ring (bicyclic) bond motifs is 1. The lowest BCUT2D eigenvalue weighted by Crippen LogP contribution is -2.48. The van der Waals surface area contributed by atoms with Gasteiger partial charge in [0.25, 0.3) is 10.0 Å². The Balaban J connectivity index is 1.62. The number of anilines is 1. The maximum Gasteiger partial charge on any atom is 0.252 e. The number of aryl methyl sites for hydroxylation is 1. The number of benzene rings is 1. The van der Waals surface area contributed by atoms with Crippen molar-refractivity contribution in [1.82, 2.24) is 14.2 Å². The fraction of sp³-hybridized carbons (Fsp3) is 0.455. The molecule has 1 unspecified atom stereocenters. The number of carbonyl (C=O) groups is 1. The summed E-state index contributed by atoms with van der Waals surface area (Å²) in [6, 6.07) is 6.86. The van der Waals surface area contributed by atoms with E-state index in [1.807, 2.05) is 38.1 Å². The molecule has 3 aromatic rings. The number of hydrogen-bond donors (Lipinski definition) is 0. The molecule has 0 aliphatic carbocycles. The van der Waals surface area contributed by atoms with Gasteiger partial charge in [0.2, 0.25) is 5.91 Å². The van der Waals surface area contributed by atoms with Gasteiger partial charge in [0.05, 0.1) is 20.5 Å². The molecular weight excluding hydrogens is 535 g/mol. The average Bonchev–Trinajstić information content (AvgIpc) is 3.43. The fourth-order valence-corrected chi connectivity index (χ4v) is 8.32. The number of thiophene rings is 1. The average molecular weight is 562 g/mol. The van der Waals surface area contributed by atoms with Crippen molar-refractivity contribution in [3.8, 4) is 0 Å². The van der Waals surface area contributed by atoms with E-state index in [0.29, 0.717) is 47.0 Å². The second-order valence-corrected chi connectivity index (χ2v) is 13.9. The Morgan fingerprint density at radius 1 is 1.18 bits per heavy atom. The summed E-state index contributed by atoms with van der Waals surface area (Å²) in [6.45, 7) is 3.57. The van der Waals surface area contributed by atoms with Crippen LogP contribution in [-0.4, -0.2) is 68.8 Å². The zero-order valence-corrected chi connectivity index (χ0v) is 23.1. The van der Waals surface area contributed by atoms with Crippen LogP contribution in [0.1, 0.15) is 18.4 Å². The number of carbonyl (C=O) groups excluding carboxylic acids is 1. The number of amides is 1. The summed E-state index contributed by atoms with van der Waals surface area (Å²) in [5.41, 5.74) is 1.67. The number of sulfonamides is 1. The molecule has 1 atom stereocenters. The van der Waals surface area contributed by atoms with E-state index in [4.69, 9.17) is 28.2 Å². The Morgan fingerprint density at radius 3 is 2.62 bits per heavy atom. The maximum absolute atomic E-state index is 13.8. The van der Waals surface area contributed by atoms with Gasteiger partial charge in [-0.3, -0.25) is 9.69 Å². The first-order valence-electron chi connectivity index (χ1n) is 10.8. The van der Waals surface area contributed by atoms with Crippen LogP contribution < -0.4 is 4.90 Å². The molecule has 34 heavy (non-hydrogen) atoms. The van der Waals surface area contributed by atoms with Gasteiger partial charge in [-0.15, -0.1) is 11.3 Å². The summed E-state index contributed by atoms with van der Waals surface area (Å²) >= 11 is 14.7. The van der Waals surface area contributed by atoms with Gasteiger partial charge in [0.15, 0.2) is 5.13 Å². The molecule has 0 spiro atoms. The molecule has 7 nitrogen and oxygen atoms in total. The van der Waals surface area contributed by atoms with Crippen molar-refractivity contribution in [1.29, 1.82) is 0 Å². The maximum atomic E-state index is 13.8. The Bertz CT molecular complexity index is 1310. The molecule has 12 heteroatoms. The first-order chi connectivity index (χ1) is 16.1. The first-order valence-corrected chi connectivity index (χ1v) is 14.7. The van der Waals surface area contributed by atoms with Gasteiger partial charge in [0, 0.05) is 31.2 Å². The predicted molar refractivity (Wildman–Crippen MR) is 141 cm³/mol. The number of aromatic nitrogens is 1. The summed E-state index contributed by atoms with van der Waals surface area (Å²) < 4.78 is 29.3. The van der Waals surface area contributed by atoms with Gasteiger partial charge < -0.3 is 4.90 Å². The van der Waals surface area contributed by atoms with Gasteiger partial charge >= 0.3 is 0 Å². The topological polar surface area (TPSA) is 73.8 Å². The van der Waals surface area contributed by atoms with Crippen molar-refractivity contribution in [3.63, 3.8) is 0 Å². The largest absolute Gasteiger partial charge is 0.308 e. The highest BCUT2D eigenvalue weighted by molar-refractivity contribution is 7.91. The van der Waals surface area contributed by atoms with Crippen LogP contribution in [0.15, 0.2) is 28.5 Å². The highest BCUT2D eigenvalue weighted by Crippen LogP contribution is 2.35. The minimum Gasteiger partial charge on any atom is -0.308 e. The second kappa shape index (κ2) is 10.4. The first kappa shape index (κ1) is 25.8.